The monoisotopic (exact) mass is 462 g/mol. The lowest BCUT2D eigenvalue weighted by molar-refractivity contribution is -0.125. The van der Waals surface area contributed by atoms with Gasteiger partial charge in [0.05, 0.1) is 11.7 Å². The summed E-state index contributed by atoms with van der Waals surface area (Å²) in [5.41, 5.74) is 3.84. The Bertz CT molecular complexity index is 1180. The predicted octanol–water partition coefficient (Wildman–Crippen LogP) is 4.37. The van der Waals surface area contributed by atoms with Crippen molar-refractivity contribution < 1.29 is 14.3 Å². The summed E-state index contributed by atoms with van der Waals surface area (Å²) >= 11 is 0. The van der Waals surface area contributed by atoms with Crippen LogP contribution in [-0.2, 0) is 29.5 Å². The van der Waals surface area contributed by atoms with Crippen molar-refractivity contribution in [2.75, 3.05) is 6.54 Å². The number of nitrogens with zero attached hydrogens (tertiary/aromatic N) is 3. The Labute approximate surface area is 201 Å². The first-order valence-corrected chi connectivity index (χ1v) is 11.8. The highest BCUT2D eigenvalue weighted by Gasteiger charge is 2.41. The lowest BCUT2D eigenvalue weighted by atomic mass is 9.96. The van der Waals surface area contributed by atoms with E-state index in [9.17, 15) is 9.59 Å². The minimum Gasteiger partial charge on any atom is -0.444 e. The fraction of sp³-hybridized carbons (Fsp3) is 0.444. The number of carbonyl (C=O) groups excluding carboxylic acids is 2. The first kappa shape index (κ1) is 23.8. The van der Waals surface area contributed by atoms with Gasteiger partial charge in [0, 0.05) is 25.5 Å². The number of amides is 2. The van der Waals surface area contributed by atoms with Crippen LogP contribution in [0.3, 0.4) is 0 Å². The van der Waals surface area contributed by atoms with E-state index in [1.807, 2.05) is 56.9 Å². The number of benzene rings is 2. The number of carbonyl (C=O) groups is 2. The lowest BCUT2D eigenvalue weighted by Crippen LogP contribution is -2.47. The molecule has 1 saturated heterocycles. The maximum Gasteiger partial charge on any atom is 0.410 e. The van der Waals surface area contributed by atoms with E-state index >= 15 is 0 Å². The van der Waals surface area contributed by atoms with Gasteiger partial charge in [0.25, 0.3) is 0 Å². The fourth-order valence-corrected chi connectivity index (χ4v) is 4.53. The number of aromatic nitrogens is 2. The largest absolute Gasteiger partial charge is 0.444 e. The van der Waals surface area contributed by atoms with E-state index in [-0.39, 0.29) is 11.8 Å². The van der Waals surface area contributed by atoms with Crippen LogP contribution in [0.1, 0.15) is 43.9 Å². The normalized spacial score (nSPS) is 18.3. The third-order valence-corrected chi connectivity index (χ3v) is 6.24. The summed E-state index contributed by atoms with van der Waals surface area (Å²) in [7, 11) is 1.90. The zero-order valence-electron chi connectivity index (χ0n) is 20.7. The molecule has 0 bridgehead atoms. The topological polar surface area (TPSA) is 76.5 Å². The summed E-state index contributed by atoms with van der Waals surface area (Å²) < 4.78 is 7.45. The smallest absolute Gasteiger partial charge is 0.410 e. The van der Waals surface area contributed by atoms with Crippen molar-refractivity contribution in [2.24, 2.45) is 13.0 Å². The van der Waals surface area contributed by atoms with Crippen molar-refractivity contribution in [3.8, 4) is 0 Å². The van der Waals surface area contributed by atoms with E-state index in [1.165, 1.54) is 11.1 Å². The highest BCUT2D eigenvalue weighted by molar-refractivity contribution is 5.86. The molecule has 0 spiro atoms. The number of nitrogens with one attached hydrogen (secondary N) is 1. The van der Waals surface area contributed by atoms with E-state index in [1.54, 1.807) is 4.90 Å². The lowest BCUT2D eigenvalue weighted by Gasteiger charge is -2.28. The molecule has 2 heterocycles. The molecular formula is C27H34N4O3. The average molecular weight is 463 g/mol. The summed E-state index contributed by atoms with van der Waals surface area (Å²) in [6, 6.07) is 13.9. The molecule has 2 unspecified atom stereocenters. The molecule has 7 heteroatoms. The van der Waals surface area contributed by atoms with Crippen LogP contribution in [0.2, 0.25) is 0 Å². The van der Waals surface area contributed by atoms with Crippen LogP contribution < -0.4 is 5.32 Å². The van der Waals surface area contributed by atoms with Crippen LogP contribution in [0.5, 0.6) is 0 Å². The second-order valence-electron chi connectivity index (χ2n) is 10.3. The Balaban J connectivity index is 1.46. The van der Waals surface area contributed by atoms with E-state index in [0.29, 0.717) is 19.5 Å². The number of likely N-dealkylation sites (tertiary alicyclic amines) is 1. The molecule has 2 atom stereocenters. The van der Waals surface area contributed by atoms with Gasteiger partial charge in [-0.3, -0.25) is 14.4 Å². The minimum absolute atomic E-state index is 0.149. The summed E-state index contributed by atoms with van der Waals surface area (Å²) in [6.07, 6.45) is 2.81. The molecule has 7 nitrogen and oxygen atoms in total. The first-order valence-electron chi connectivity index (χ1n) is 11.8. The van der Waals surface area contributed by atoms with Gasteiger partial charge in [0.2, 0.25) is 5.91 Å². The molecule has 0 saturated carbocycles. The standard InChI is InChI=1S/C27H34N4O3/c1-18-6-8-19(9-7-18)12-21-14-24(31(17-21)26(33)34-27(2,3)4)25(32)28-15-20-10-11-23-22(13-20)16-29-30(23)5/h6-11,13,16,21,24H,12,14-15,17H2,1-5H3,(H,28,32). The molecule has 0 radical (unpaired) electrons. The SMILES string of the molecule is Cc1ccc(CC2CC(C(=O)NCc3ccc4c(cnn4C)c3)N(C(=O)OC(C)(C)C)C2)cc1. The Morgan fingerprint density at radius 3 is 2.53 bits per heavy atom. The molecule has 0 aliphatic carbocycles. The minimum atomic E-state index is -0.619. The third kappa shape index (κ3) is 5.58. The number of fused-ring (bicyclic) bond motifs is 1. The molecule has 4 rings (SSSR count). The van der Waals surface area contributed by atoms with E-state index in [0.717, 1.165) is 22.9 Å². The van der Waals surface area contributed by atoms with E-state index < -0.39 is 17.7 Å². The van der Waals surface area contributed by atoms with Crippen LogP contribution in [0.4, 0.5) is 4.79 Å². The van der Waals surface area contributed by atoms with Gasteiger partial charge in [-0.05, 0) is 69.7 Å². The fourth-order valence-electron chi connectivity index (χ4n) is 4.53. The Morgan fingerprint density at radius 1 is 1.12 bits per heavy atom. The number of rotatable bonds is 5. The van der Waals surface area contributed by atoms with Gasteiger partial charge >= 0.3 is 6.09 Å². The van der Waals surface area contributed by atoms with Crippen molar-refractivity contribution in [1.29, 1.82) is 0 Å². The Hall–Kier alpha value is -3.35. The molecule has 3 aromatic rings. The quantitative estimate of drug-likeness (QED) is 0.611. The second kappa shape index (κ2) is 9.49. The molecular weight excluding hydrogens is 428 g/mol. The second-order valence-corrected chi connectivity index (χ2v) is 10.3. The molecule has 2 amide bonds. The van der Waals surface area contributed by atoms with Gasteiger partial charge in [-0.2, -0.15) is 5.10 Å². The highest BCUT2D eigenvalue weighted by Crippen LogP contribution is 2.29. The van der Waals surface area contributed by atoms with Crippen LogP contribution in [-0.4, -0.2) is 44.9 Å². The number of hydrogen-bond donors (Lipinski definition) is 1. The molecule has 1 aliphatic heterocycles. The summed E-state index contributed by atoms with van der Waals surface area (Å²) in [4.78, 5) is 27.8. The Kier molecular flexibility index (Phi) is 6.64. The average Bonchev–Trinajstić information content (AvgIpc) is 3.36. The molecule has 1 fully saturated rings. The Morgan fingerprint density at radius 2 is 1.82 bits per heavy atom. The summed E-state index contributed by atoms with van der Waals surface area (Å²) in [5.74, 6) is 0.0428. The number of hydrogen-bond acceptors (Lipinski definition) is 4. The molecule has 1 N–H and O–H groups in total. The van der Waals surface area contributed by atoms with Crippen molar-refractivity contribution in [1.82, 2.24) is 20.0 Å². The zero-order chi connectivity index (χ0) is 24.5. The van der Waals surface area contributed by atoms with Crippen LogP contribution >= 0.6 is 0 Å². The van der Waals surface area contributed by atoms with Gasteiger partial charge in [-0.25, -0.2) is 4.79 Å². The summed E-state index contributed by atoms with van der Waals surface area (Å²) in [5, 5.41) is 8.34. The highest BCUT2D eigenvalue weighted by atomic mass is 16.6. The molecule has 1 aliphatic rings. The van der Waals surface area contributed by atoms with Gasteiger partial charge in [-0.15, -0.1) is 0 Å². The van der Waals surface area contributed by atoms with Crippen LogP contribution in [0.25, 0.3) is 10.9 Å². The molecule has 1 aromatic heterocycles. The zero-order valence-corrected chi connectivity index (χ0v) is 20.7. The van der Waals surface area contributed by atoms with Crippen molar-refractivity contribution in [3.05, 3.63) is 65.4 Å². The molecule has 34 heavy (non-hydrogen) atoms. The molecule has 2 aromatic carbocycles. The number of aryl methyl sites for hydroxylation is 2. The summed E-state index contributed by atoms with van der Waals surface area (Å²) in [6.45, 7) is 8.49. The maximum atomic E-state index is 13.2. The van der Waals surface area contributed by atoms with Crippen molar-refractivity contribution >= 4 is 22.9 Å². The van der Waals surface area contributed by atoms with Crippen LogP contribution in [0, 0.1) is 12.8 Å². The third-order valence-electron chi connectivity index (χ3n) is 6.24. The van der Waals surface area contributed by atoms with E-state index in [2.05, 4.69) is 41.6 Å². The van der Waals surface area contributed by atoms with E-state index in [4.69, 9.17) is 4.74 Å². The van der Waals surface area contributed by atoms with Gasteiger partial charge < -0.3 is 10.1 Å². The molecule has 180 valence electrons. The van der Waals surface area contributed by atoms with Crippen LogP contribution in [0.15, 0.2) is 48.7 Å². The number of ether oxygens (including phenoxy) is 1. The van der Waals surface area contributed by atoms with Crippen molar-refractivity contribution in [2.45, 2.75) is 58.7 Å². The van der Waals surface area contributed by atoms with Gasteiger partial charge in [0.1, 0.15) is 11.6 Å². The van der Waals surface area contributed by atoms with Crippen molar-refractivity contribution in [3.63, 3.8) is 0 Å². The predicted molar refractivity (Wildman–Crippen MR) is 132 cm³/mol. The first-order chi connectivity index (χ1) is 16.1. The maximum absolute atomic E-state index is 13.2. The van der Waals surface area contributed by atoms with Gasteiger partial charge in [-0.1, -0.05) is 35.9 Å². The van der Waals surface area contributed by atoms with Gasteiger partial charge in [0.15, 0.2) is 0 Å².